The molecule has 0 aliphatic carbocycles. The maximum absolute atomic E-state index is 13.1. The molecule has 3 aromatic rings. The highest BCUT2D eigenvalue weighted by atomic mass is 16.5. The van der Waals surface area contributed by atoms with Crippen LogP contribution in [-0.2, 0) is 6.54 Å². The van der Waals surface area contributed by atoms with Crippen LogP contribution in [-0.4, -0.2) is 40.9 Å². The summed E-state index contributed by atoms with van der Waals surface area (Å²) in [5.74, 6) is 0.817. The number of aromatic nitrogens is 2. The van der Waals surface area contributed by atoms with E-state index in [4.69, 9.17) is 4.74 Å². The average molecular weight is 393 g/mol. The molecule has 0 spiro atoms. The second kappa shape index (κ2) is 8.05. The zero-order valence-corrected chi connectivity index (χ0v) is 16.2. The molecule has 7 nitrogen and oxygen atoms in total. The number of rotatable bonds is 5. The second-order valence-electron chi connectivity index (χ2n) is 7.48. The number of carbonyl (C=O) groups is 1. The van der Waals surface area contributed by atoms with Crippen LogP contribution < -0.4 is 16.0 Å². The fourth-order valence-corrected chi connectivity index (χ4v) is 4.00. The maximum Gasteiger partial charge on any atom is 0.325 e. The molecule has 1 fully saturated rings. The summed E-state index contributed by atoms with van der Waals surface area (Å²) in [5, 5.41) is 2.04. The van der Waals surface area contributed by atoms with Gasteiger partial charge in [-0.05, 0) is 48.4 Å². The Balaban J connectivity index is 1.50. The minimum atomic E-state index is -0.509. The Kier molecular flexibility index (Phi) is 5.31. The van der Waals surface area contributed by atoms with Crippen molar-refractivity contribution in [2.45, 2.75) is 19.4 Å². The molecule has 0 bridgehead atoms. The van der Waals surface area contributed by atoms with E-state index in [1.165, 1.54) is 6.07 Å². The van der Waals surface area contributed by atoms with E-state index in [9.17, 15) is 14.4 Å². The smallest absolute Gasteiger partial charge is 0.325 e. The SMILES string of the molecule is COc1ccc2cc(C(=O)[C@H]3CCCN(Cc4cc(=O)[nH]c(=O)[nH]4)C3)ccc2c1. The molecule has 0 saturated carbocycles. The third-order valence-electron chi connectivity index (χ3n) is 5.42. The highest BCUT2D eigenvalue weighted by Gasteiger charge is 2.27. The van der Waals surface area contributed by atoms with E-state index in [0.717, 1.165) is 35.9 Å². The molecule has 2 N–H and O–H groups in total. The number of nitrogens with zero attached hydrogens (tertiary/aromatic N) is 1. The normalized spacial score (nSPS) is 17.3. The van der Waals surface area contributed by atoms with Crippen LogP contribution in [0, 0.1) is 5.92 Å². The first-order valence-electron chi connectivity index (χ1n) is 9.69. The van der Waals surface area contributed by atoms with Crippen LogP contribution in [0.2, 0.25) is 0 Å². The molecule has 150 valence electrons. The monoisotopic (exact) mass is 393 g/mol. The molecular formula is C22H23N3O4. The fourth-order valence-electron chi connectivity index (χ4n) is 4.00. The van der Waals surface area contributed by atoms with Crippen molar-refractivity contribution in [3.8, 4) is 5.75 Å². The molecule has 1 saturated heterocycles. The van der Waals surface area contributed by atoms with Crippen molar-refractivity contribution in [2.75, 3.05) is 20.2 Å². The van der Waals surface area contributed by atoms with Gasteiger partial charge in [0.2, 0.25) is 0 Å². The van der Waals surface area contributed by atoms with Crippen LogP contribution in [0.5, 0.6) is 5.75 Å². The van der Waals surface area contributed by atoms with Crippen molar-refractivity contribution in [1.82, 2.24) is 14.9 Å². The number of ketones is 1. The van der Waals surface area contributed by atoms with Crippen molar-refractivity contribution in [2.24, 2.45) is 5.92 Å². The van der Waals surface area contributed by atoms with Crippen molar-refractivity contribution in [3.63, 3.8) is 0 Å². The van der Waals surface area contributed by atoms with Crippen molar-refractivity contribution in [1.29, 1.82) is 0 Å². The Morgan fingerprint density at radius 3 is 2.69 bits per heavy atom. The first-order valence-corrected chi connectivity index (χ1v) is 9.69. The molecule has 7 heteroatoms. The summed E-state index contributed by atoms with van der Waals surface area (Å²) in [6.07, 6.45) is 1.73. The highest BCUT2D eigenvalue weighted by Crippen LogP contribution is 2.26. The van der Waals surface area contributed by atoms with E-state index in [0.29, 0.717) is 24.3 Å². The van der Waals surface area contributed by atoms with Gasteiger partial charge in [-0.25, -0.2) is 4.79 Å². The lowest BCUT2D eigenvalue weighted by atomic mass is 9.89. The van der Waals surface area contributed by atoms with Crippen molar-refractivity contribution >= 4 is 16.6 Å². The predicted octanol–water partition coefficient (Wildman–Crippen LogP) is 2.32. The largest absolute Gasteiger partial charge is 0.497 e. The highest BCUT2D eigenvalue weighted by molar-refractivity contribution is 6.01. The maximum atomic E-state index is 13.1. The zero-order valence-electron chi connectivity index (χ0n) is 16.2. The molecule has 2 heterocycles. The lowest BCUT2D eigenvalue weighted by Crippen LogP contribution is -2.39. The van der Waals surface area contributed by atoms with Gasteiger partial charge in [-0.15, -0.1) is 0 Å². The molecule has 4 rings (SSSR count). The lowest BCUT2D eigenvalue weighted by molar-refractivity contribution is 0.0810. The van der Waals surface area contributed by atoms with Crippen LogP contribution in [0.4, 0.5) is 0 Å². The van der Waals surface area contributed by atoms with E-state index >= 15 is 0 Å². The second-order valence-corrected chi connectivity index (χ2v) is 7.48. The Morgan fingerprint density at radius 2 is 1.90 bits per heavy atom. The van der Waals surface area contributed by atoms with Gasteiger partial charge in [-0.1, -0.05) is 18.2 Å². The van der Waals surface area contributed by atoms with Gasteiger partial charge < -0.3 is 9.72 Å². The van der Waals surface area contributed by atoms with Crippen LogP contribution in [0.3, 0.4) is 0 Å². The van der Waals surface area contributed by atoms with Crippen LogP contribution in [0.15, 0.2) is 52.1 Å². The average Bonchev–Trinajstić information content (AvgIpc) is 2.72. The number of H-pyrrole nitrogens is 2. The number of hydrogen-bond acceptors (Lipinski definition) is 5. The summed E-state index contributed by atoms with van der Waals surface area (Å²) >= 11 is 0. The number of carbonyl (C=O) groups excluding carboxylic acids is 1. The number of likely N-dealkylation sites (tertiary alicyclic amines) is 1. The Hall–Kier alpha value is -3.19. The van der Waals surface area contributed by atoms with Crippen molar-refractivity contribution < 1.29 is 9.53 Å². The van der Waals surface area contributed by atoms with Crippen LogP contribution in [0.1, 0.15) is 28.9 Å². The molecule has 0 unspecified atom stereocenters. The molecular weight excluding hydrogens is 370 g/mol. The Morgan fingerprint density at radius 1 is 1.10 bits per heavy atom. The predicted molar refractivity (Wildman–Crippen MR) is 111 cm³/mol. The van der Waals surface area contributed by atoms with Gasteiger partial charge in [-0.3, -0.25) is 19.5 Å². The number of benzene rings is 2. The Bertz CT molecular complexity index is 1140. The number of fused-ring (bicyclic) bond motifs is 1. The van der Waals surface area contributed by atoms with E-state index in [-0.39, 0.29) is 11.7 Å². The number of ether oxygens (including phenoxy) is 1. The Labute approximate surface area is 167 Å². The number of methoxy groups -OCH3 is 1. The van der Waals surface area contributed by atoms with Crippen molar-refractivity contribution in [3.05, 3.63) is 74.6 Å². The summed E-state index contributed by atoms with van der Waals surface area (Å²) in [7, 11) is 1.63. The molecule has 29 heavy (non-hydrogen) atoms. The van der Waals surface area contributed by atoms with E-state index in [2.05, 4.69) is 14.9 Å². The summed E-state index contributed by atoms with van der Waals surface area (Å²) in [5.41, 5.74) is 0.344. The summed E-state index contributed by atoms with van der Waals surface area (Å²) in [6.45, 7) is 1.88. The van der Waals surface area contributed by atoms with E-state index in [1.54, 1.807) is 7.11 Å². The van der Waals surface area contributed by atoms with E-state index < -0.39 is 11.2 Å². The number of hydrogen-bond donors (Lipinski definition) is 2. The molecule has 2 aromatic carbocycles. The number of Topliss-reactive ketones (excluding diaryl/α,β-unsaturated/α-hetero) is 1. The third kappa shape index (κ3) is 4.30. The molecule has 0 radical (unpaired) electrons. The minimum absolute atomic E-state index is 0.104. The number of aromatic amines is 2. The summed E-state index contributed by atoms with van der Waals surface area (Å²) in [4.78, 5) is 43.0. The third-order valence-corrected chi connectivity index (χ3v) is 5.42. The summed E-state index contributed by atoms with van der Waals surface area (Å²) < 4.78 is 5.25. The van der Waals surface area contributed by atoms with Gasteiger partial charge in [0, 0.05) is 36.3 Å². The van der Waals surface area contributed by atoms with Gasteiger partial charge in [0.1, 0.15) is 5.75 Å². The lowest BCUT2D eigenvalue weighted by Gasteiger charge is -2.31. The van der Waals surface area contributed by atoms with E-state index in [1.807, 2.05) is 36.4 Å². The number of nitrogens with one attached hydrogen (secondary N) is 2. The first kappa shape index (κ1) is 19.1. The van der Waals surface area contributed by atoms with Crippen LogP contribution in [0.25, 0.3) is 10.8 Å². The molecule has 1 aliphatic heterocycles. The topological polar surface area (TPSA) is 95.3 Å². The standard InChI is InChI=1S/C22H23N3O4/c1-29-19-7-6-14-9-16(5-4-15(14)10-19)21(27)17-3-2-8-25(12-17)13-18-11-20(26)24-22(28)23-18/h4-7,9-11,17H,2-3,8,12-13H2,1H3,(H2,23,24,26,28)/t17-/m0/s1. The molecule has 1 aliphatic rings. The summed E-state index contributed by atoms with van der Waals surface area (Å²) in [6, 6.07) is 13.0. The van der Waals surface area contributed by atoms with Crippen LogP contribution >= 0.6 is 0 Å². The van der Waals surface area contributed by atoms with Gasteiger partial charge in [0.25, 0.3) is 5.56 Å². The molecule has 1 aromatic heterocycles. The quantitative estimate of drug-likeness (QED) is 0.649. The van der Waals surface area contributed by atoms with Gasteiger partial charge in [-0.2, -0.15) is 0 Å². The fraction of sp³-hybridized carbons (Fsp3) is 0.318. The minimum Gasteiger partial charge on any atom is -0.497 e. The van der Waals surface area contributed by atoms with Gasteiger partial charge in [0.05, 0.1) is 7.11 Å². The molecule has 0 amide bonds. The number of piperidine rings is 1. The first-order chi connectivity index (χ1) is 14.0. The zero-order chi connectivity index (χ0) is 20.4. The molecule has 1 atom stereocenters. The van der Waals surface area contributed by atoms with Gasteiger partial charge >= 0.3 is 5.69 Å². The van der Waals surface area contributed by atoms with Gasteiger partial charge in [0.15, 0.2) is 5.78 Å².